The molecule has 0 bridgehead atoms. The highest BCUT2D eigenvalue weighted by Crippen LogP contribution is 2.21. The van der Waals surface area contributed by atoms with Crippen LogP contribution in [0.1, 0.15) is 19.4 Å². The van der Waals surface area contributed by atoms with E-state index in [9.17, 15) is 0 Å². The van der Waals surface area contributed by atoms with E-state index in [1.165, 1.54) is 5.56 Å². The van der Waals surface area contributed by atoms with Crippen LogP contribution in [0.4, 0.5) is 0 Å². The second-order valence-electron chi connectivity index (χ2n) is 2.12. The molecule has 0 unspecified atom stereocenters. The Balaban J connectivity index is 0.000000561. The Morgan fingerprint density at radius 2 is 1.83 bits per heavy atom. The highest BCUT2D eigenvalue weighted by atomic mass is 79.9. The van der Waals surface area contributed by atoms with E-state index in [2.05, 4.69) is 15.9 Å². The largest absolute Gasteiger partial charge is 0.497 e. The number of benzene rings is 1. The molecule has 1 aromatic carbocycles. The molecule has 12 heavy (non-hydrogen) atoms. The maximum Gasteiger partial charge on any atom is 0.120 e. The molecule has 0 aliphatic heterocycles. The number of rotatable bonds is 1. The van der Waals surface area contributed by atoms with E-state index in [1.807, 2.05) is 39.0 Å². The van der Waals surface area contributed by atoms with E-state index in [4.69, 9.17) is 4.74 Å². The average Bonchev–Trinajstić information content (AvgIpc) is 2.13. The van der Waals surface area contributed by atoms with Gasteiger partial charge in [-0.1, -0.05) is 35.8 Å². The van der Waals surface area contributed by atoms with Crippen molar-refractivity contribution in [3.8, 4) is 5.75 Å². The van der Waals surface area contributed by atoms with Gasteiger partial charge in [-0.25, -0.2) is 0 Å². The van der Waals surface area contributed by atoms with Gasteiger partial charge in [-0.05, 0) is 24.6 Å². The van der Waals surface area contributed by atoms with Gasteiger partial charge in [-0.15, -0.1) is 0 Å². The summed E-state index contributed by atoms with van der Waals surface area (Å²) in [6.45, 7) is 6.05. The van der Waals surface area contributed by atoms with Crippen molar-refractivity contribution in [1.29, 1.82) is 0 Å². The van der Waals surface area contributed by atoms with Gasteiger partial charge >= 0.3 is 0 Å². The molecule has 0 aliphatic carbocycles. The summed E-state index contributed by atoms with van der Waals surface area (Å²) in [5.74, 6) is 0.887. The van der Waals surface area contributed by atoms with Crippen LogP contribution in [-0.2, 0) is 0 Å². The van der Waals surface area contributed by atoms with Crippen molar-refractivity contribution in [2.24, 2.45) is 0 Å². The predicted molar refractivity (Wildman–Crippen MR) is 56.8 cm³/mol. The van der Waals surface area contributed by atoms with Crippen LogP contribution >= 0.6 is 15.9 Å². The lowest BCUT2D eigenvalue weighted by Gasteiger charge is -2.01. The minimum Gasteiger partial charge on any atom is -0.497 e. The van der Waals surface area contributed by atoms with E-state index >= 15 is 0 Å². The Morgan fingerprint density at radius 3 is 2.25 bits per heavy atom. The second-order valence-corrected chi connectivity index (χ2v) is 2.97. The molecule has 0 saturated carbocycles. The first-order valence-electron chi connectivity index (χ1n) is 4.04. The lowest BCUT2D eigenvalue weighted by Crippen LogP contribution is -1.82. The number of methoxy groups -OCH3 is 1. The molecule has 0 heterocycles. The Hall–Kier alpha value is -0.500. The van der Waals surface area contributed by atoms with Crippen molar-refractivity contribution in [1.82, 2.24) is 0 Å². The molecule has 0 fully saturated rings. The van der Waals surface area contributed by atoms with E-state index in [0.717, 1.165) is 10.2 Å². The zero-order chi connectivity index (χ0) is 9.56. The first-order chi connectivity index (χ1) is 5.74. The summed E-state index contributed by atoms with van der Waals surface area (Å²) < 4.78 is 6.11. The summed E-state index contributed by atoms with van der Waals surface area (Å²) >= 11 is 3.41. The molecule has 0 aromatic heterocycles. The summed E-state index contributed by atoms with van der Waals surface area (Å²) in [7, 11) is 1.66. The van der Waals surface area contributed by atoms with Gasteiger partial charge in [-0.2, -0.15) is 0 Å². The van der Waals surface area contributed by atoms with Gasteiger partial charge in [0.1, 0.15) is 5.75 Å². The fraction of sp³-hybridized carbons (Fsp3) is 0.400. The van der Waals surface area contributed by atoms with E-state index < -0.39 is 0 Å². The molecule has 0 amide bonds. The van der Waals surface area contributed by atoms with Crippen molar-refractivity contribution in [3.63, 3.8) is 0 Å². The van der Waals surface area contributed by atoms with Crippen LogP contribution in [0.5, 0.6) is 5.75 Å². The molecular weight excluding hydrogens is 216 g/mol. The van der Waals surface area contributed by atoms with E-state index in [-0.39, 0.29) is 0 Å². The van der Waals surface area contributed by atoms with Crippen LogP contribution < -0.4 is 4.74 Å². The molecule has 1 aromatic rings. The van der Waals surface area contributed by atoms with Gasteiger partial charge < -0.3 is 4.74 Å². The van der Waals surface area contributed by atoms with Gasteiger partial charge in [0, 0.05) is 4.47 Å². The molecule has 0 atom stereocenters. The Bertz CT molecular complexity index is 233. The minimum absolute atomic E-state index is 0.887. The minimum atomic E-state index is 0.887. The first kappa shape index (κ1) is 11.5. The summed E-state index contributed by atoms with van der Waals surface area (Å²) in [6.07, 6.45) is 0. The highest BCUT2D eigenvalue weighted by Gasteiger charge is 1.94. The number of halogens is 1. The fourth-order valence-corrected chi connectivity index (χ4v) is 1.06. The van der Waals surface area contributed by atoms with Crippen molar-refractivity contribution in [3.05, 3.63) is 28.2 Å². The van der Waals surface area contributed by atoms with Crippen LogP contribution in [-0.4, -0.2) is 7.11 Å². The second kappa shape index (κ2) is 6.06. The topological polar surface area (TPSA) is 9.23 Å². The molecule has 68 valence electrons. The Labute approximate surface area is 82.9 Å². The van der Waals surface area contributed by atoms with Crippen LogP contribution in [0.3, 0.4) is 0 Å². The molecule has 0 spiro atoms. The van der Waals surface area contributed by atoms with E-state index in [1.54, 1.807) is 7.11 Å². The monoisotopic (exact) mass is 230 g/mol. The molecule has 0 aliphatic rings. The highest BCUT2D eigenvalue weighted by molar-refractivity contribution is 9.10. The van der Waals surface area contributed by atoms with Gasteiger partial charge in [0.15, 0.2) is 0 Å². The number of ether oxygens (including phenoxy) is 1. The maximum absolute atomic E-state index is 5.02. The maximum atomic E-state index is 5.02. The molecule has 0 radical (unpaired) electrons. The van der Waals surface area contributed by atoms with Gasteiger partial charge in [0.2, 0.25) is 0 Å². The number of hydrogen-bond donors (Lipinski definition) is 0. The lowest BCUT2D eigenvalue weighted by atomic mass is 10.2. The molecule has 2 heteroatoms. The Kier molecular flexibility index (Phi) is 5.81. The van der Waals surface area contributed by atoms with Crippen molar-refractivity contribution in [2.45, 2.75) is 20.8 Å². The smallest absolute Gasteiger partial charge is 0.120 e. The first-order valence-corrected chi connectivity index (χ1v) is 4.83. The zero-order valence-electron chi connectivity index (χ0n) is 8.02. The third-order valence-corrected chi connectivity index (χ3v) is 2.23. The standard InChI is InChI=1S/C8H9BrO.C2H6/c1-6-3-4-7(10-2)5-8(6)9;1-2/h3-5H,1-2H3;1-2H3. The van der Waals surface area contributed by atoms with Crippen LogP contribution in [0.2, 0.25) is 0 Å². The Morgan fingerprint density at radius 1 is 1.25 bits per heavy atom. The van der Waals surface area contributed by atoms with Crippen molar-refractivity contribution in [2.75, 3.05) is 7.11 Å². The quantitative estimate of drug-likeness (QED) is 0.714. The normalized spacial score (nSPS) is 8.42. The molecule has 1 rings (SSSR count). The van der Waals surface area contributed by atoms with Crippen LogP contribution in [0.25, 0.3) is 0 Å². The average molecular weight is 231 g/mol. The van der Waals surface area contributed by atoms with Gasteiger partial charge in [0.05, 0.1) is 7.11 Å². The molecular formula is C10H15BrO. The van der Waals surface area contributed by atoms with Gasteiger partial charge in [0.25, 0.3) is 0 Å². The zero-order valence-corrected chi connectivity index (χ0v) is 9.60. The third-order valence-electron chi connectivity index (χ3n) is 1.38. The lowest BCUT2D eigenvalue weighted by molar-refractivity contribution is 0.414. The van der Waals surface area contributed by atoms with Crippen molar-refractivity contribution >= 4 is 15.9 Å². The summed E-state index contributed by atoms with van der Waals surface area (Å²) in [5.41, 5.74) is 1.22. The summed E-state index contributed by atoms with van der Waals surface area (Å²) in [5, 5.41) is 0. The number of hydrogen-bond acceptors (Lipinski definition) is 1. The number of aryl methyl sites for hydroxylation is 1. The fourth-order valence-electron chi connectivity index (χ4n) is 0.701. The van der Waals surface area contributed by atoms with Crippen LogP contribution in [0.15, 0.2) is 22.7 Å². The molecule has 0 saturated heterocycles. The predicted octanol–water partition coefficient (Wildman–Crippen LogP) is 3.79. The van der Waals surface area contributed by atoms with E-state index in [0.29, 0.717) is 0 Å². The summed E-state index contributed by atoms with van der Waals surface area (Å²) in [6, 6.07) is 5.92. The van der Waals surface area contributed by atoms with Crippen molar-refractivity contribution < 1.29 is 4.74 Å². The molecule has 1 nitrogen and oxygen atoms in total. The third kappa shape index (κ3) is 3.26. The van der Waals surface area contributed by atoms with Gasteiger partial charge in [-0.3, -0.25) is 0 Å². The molecule has 0 N–H and O–H groups in total. The van der Waals surface area contributed by atoms with Crippen LogP contribution in [0, 0.1) is 6.92 Å². The SMILES string of the molecule is CC.COc1ccc(C)c(Br)c1. The summed E-state index contributed by atoms with van der Waals surface area (Å²) in [4.78, 5) is 0.